The summed E-state index contributed by atoms with van der Waals surface area (Å²) in [5.41, 5.74) is 2.10. The summed E-state index contributed by atoms with van der Waals surface area (Å²) in [6.45, 7) is 4.10. The van der Waals surface area contributed by atoms with Gasteiger partial charge in [-0.2, -0.15) is 5.10 Å². The topological polar surface area (TPSA) is 29.6 Å². The largest absolute Gasteiger partial charge is 0.253 e. The van der Waals surface area contributed by atoms with Crippen LogP contribution in [0, 0.1) is 11.6 Å². The van der Waals surface area contributed by atoms with E-state index in [2.05, 4.69) is 16.7 Å². The molecule has 132 valence electrons. The third-order valence-electron chi connectivity index (χ3n) is 3.43. The maximum absolute atomic E-state index is 13.4. The lowest BCUT2D eigenvalue weighted by Gasteiger charge is -2.04. The van der Waals surface area contributed by atoms with Crippen molar-refractivity contribution in [1.29, 1.82) is 0 Å². The summed E-state index contributed by atoms with van der Waals surface area (Å²) in [7, 11) is 0. The molecule has 1 aromatic heterocycles. The Bertz CT molecular complexity index is 1040. The van der Waals surface area contributed by atoms with Crippen molar-refractivity contribution in [3.05, 3.63) is 87.5 Å². The maximum atomic E-state index is 13.4. The molecule has 0 saturated carbocycles. The number of aromatic nitrogens is 1. The molecule has 0 amide bonds. The van der Waals surface area contributed by atoms with Gasteiger partial charge in [-0.05, 0) is 29.8 Å². The van der Waals surface area contributed by atoms with E-state index >= 15 is 0 Å². The lowest BCUT2D eigenvalue weighted by atomic mass is 10.2. The molecular formula is C19H14ClF2N3S. The first kappa shape index (κ1) is 18.2. The molecular weight excluding hydrogens is 376 g/mol. The summed E-state index contributed by atoms with van der Waals surface area (Å²) in [5.74, 6) is -1.82. The van der Waals surface area contributed by atoms with Crippen LogP contribution in [-0.2, 0) is 0 Å². The zero-order chi connectivity index (χ0) is 18.5. The summed E-state index contributed by atoms with van der Waals surface area (Å²) in [4.78, 5) is 5.07. The first-order valence-electron chi connectivity index (χ1n) is 7.66. The van der Waals surface area contributed by atoms with Crippen LogP contribution in [0.25, 0.3) is 11.3 Å². The van der Waals surface area contributed by atoms with Gasteiger partial charge in [0.1, 0.15) is 0 Å². The van der Waals surface area contributed by atoms with Crippen LogP contribution in [0.4, 0.5) is 8.78 Å². The molecule has 0 fully saturated rings. The van der Waals surface area contributed by atoms with Gasteiger partial charge in [-0.25, -0.2) is 13.5 Å². The fourth-order valence-corrected chi connectivity index (χ4v) is 3.26. The molecule has 3 aromatic rings. The van der Waals surface area contributed by atoms with Gasteiger partial charge in [0.2, 0.25) is 4.80 Å². The number of halogens is 3. The van der Waals surface area contributed by atoms with E-state index in [9.17, 15) is 8.78 Å². The Morgan fingerprint density at radius 1 is 1.15 bits per heavy atom. The Morgan fingerprint density at radius 2 is 2.00 bits per heavy atom. The number of nitrogens with zero attached hydrogens (tertiary/aromatic N) is 3. The number of hydrogen-bond donors (Lipinski definition) is 0. The average Bonchev–Trinajstić information content (AvgIpc) is 3.03. The van der Waals surface area contributed by atoms with E-state index in [0.29, 0.717) is 21.9 Å². The van der Waals surface area contributed by atoms with E-state index in [0.717, 1.165) is 23.4 Å². The van der Waals surface area contributed by atoms with Crippen LogP contribution in [0.5, 0.6) is 0 Å². The number of benzene rings is 2. The van der Waals surface area contributed by atoms with Crippen LogP contribution >= 0.6 is 22.9 Å². The monoisotopic (exact) mass is 389 g/mol. The van der Waals surface area contributed by atoms with Crippen molar-refractivity contribution < 1.29 is 8.78 Å². The fraction of sp³-hybridized carbons (Fsp3) is 0.0526. The molecule has 0 aliphatic carbocycles. The van der Waals surface area contributed by atoms with Crippen LogP contribution in [-0.4, -0.2) is 17.4 Å². The summed E-state index contributed by atoms with van der Waals surface area (Å²) < 4.78 is 28.1. The molecule has 3 nitrogen and oxygen atoms in total. The first-order valence-corrected chi connectivity index (χ1v) is 8.91. The van der Waals surface area contributed by atoms with Crippen molar-refractivity contribution in [2.45, 2.75) is 0 Å². The summed E-state index contributed by atoms with van der Waals surface area (Å²) in [5, 5.41) is 6.93. The van der Waals surface area contributed by atoms with Crippen molar-refractivity contribution in [2.75, 3.05) is 6.54 Å². The molecule has 0 atom stereocenters. The van der Waals surface area contributed by atoms with Gasteiger partial charge in [-0.3, -0.25) is 4.99 Å². The molecule has 26 heavy (non-hydrogen) atoms. The molecule has 0 saturated heterocycles. The minimum absolute atomic E-state index is 0.439. The van der Waals surface area contributed by atoms with Crippen LogP contribution in [0.15, 0.2) is 70.6 Å². The molecule has 0 aliphatic rings. The van der Waals surface area contributed by atoms with Crippen LogP contribution in [0.3, 0.4) is 0 Å². The Balaban J connectivity index is 2.08. The van der Waals surface area contributed by atoms with E-state index in [1.54, 1.807) is 16.8 Å². The predicted molar refractivity (Wildman–Crippen MR) is 103 cm³/mol. The maximum Gasteiger partial charge on any atom is 0.206 e. The third-order valence-corrected chi connectivity index (χ3v) is 4.52. The minimum atomic E-state index is -0.920. The SMILES string of the molecule is C=CCN=c1scc(-c2cccc(Cl)c2)n1N=Cc1ccc(F)c(F)c1. The van der Waals surface area contributed by atoms with Crippen LogP contribution < -0.4 is 4.80 Å². The molecule has 3 rings (SSSR count). The first-order chi connectivity index (χ1) is 12.6. The highest BCUT2D eigenvalue weighted by molar-refractivity contribution is 7.07. The molecule has 0 spiro atoms. The van der Waals surface area contributed by atoms with Crippen molar-refractivity contribution in [1.82, 2.24) is 4.68 Å². The van der Waals surface area contributed by atoms with Gasteiger partial charge in [-0.1, -0.05) is 35.9 Å². The Hall–Kier alpha value is -2.57. The minimum Gasteiger partial charge on any atom is -0.253 e. The van der Waals surface area contributed by atoms with Crippen molar-refractivity contribution >= 4 is 29.2 Å². The Labute approximate surface area is 158 Å². The number of hydrogen-bond acceptors (Lipinski definition) is 3. The standard InChI is InChI=1S/C19H14ClF2N3S/c1-2-8-23-19-25(24-11-13-6-7-16(21)17(22)9-13)18(12-26-19)14-4-3-5-15(20)10-14/h2-7,9-12H,1,8H2. The highest BCUT2D eigenvalue weighted by Gasteiger charge is 2.08. The average molecular weight is 390 g/mol. The highest BCUT2D eigenvalue weighted by atomic mass is 35.5. The van der Waals surface area contributed by atoms with Crippen LogP contribution in [0.1, 0.15) is 5.56 Å². The zero-order valence-corrected chi connectivity index (χ0v) is 15.1. The molecule has 0 radical (unpaired) electrons. The Morgan fingerprint density at radius 3 is 2.73 bits per heavy atom. The quantitative estimate of drug-likeness (QED) is 0.428. The second kappa shape index (κ2) is 8.21. The molecule has 0 aliphatic heterocycles. The lowest BCUT2D eigenvalue weighted by Crippen LogP contribution is -2.12. The van der Waals surface area contributed by atoms with E-state index in [-0.39, 0.29) is 0 Å². The number of thiazole rings is 1. The predicted octanol–water partition coefficient (Wildman–Crippen LogP) is 5.12. The van der Waals surface area contributed by atoms with E-state index in [1.807, 2.05) is 23.6 Å². The van der Waals surface area contributed by atoms with E-state index in [1.165, 1.54) is 23.6 Å². The highest BCUT2D eigenvalue weighted by Crippen LogP contribution is 2.23. The van der Waals surface area contributed by atoms with Gasteiger partial charge >= 0.3 is 0 Å². The van der Waals surface area contributed by atoms with Crippen LogP contribution in [0.2, 0.25) is 5.02 Å². The van der Waals surface area contributed by atoms with E-state index < -0.39 is 11.6 Å². The molecule has 7 heteroatoms. The van der Waals surface area contributed by atoms with Gasteiger partial charge in [0, 0.05) is 16.0 Å². The summed E-state index contributed by atoms with van der Waals surface area (Å²) in [6, 6.07) is 11.0. The molecule has 1 heterocycles. The van der Waals surface area contributed by atoms with Gasteiger partial charge < -0.3 is 0 Å². The lowest BCUT2D eigenvalue weighted by molar-refractivity contribution is 0.508. The molecule has 2 aromatic carbocycles. The molecule has 0 bridgehead atoms. The summed E-state index contributed by atoms with van der Waals surface area (Å²) >= 11 is 7.50. The normalized spacial score (nSPS) is 12.0. The summed E-state index contributed by atoms with van der Waals surface area (Å²) in [6.07, 6.45) is 3.14. The smallest absolute Gasteiger partial charge is 0.206 e. The Kier molecular flexibility index (Phi) is 5.75. The molecule has 0 N–H and O–H groups in total. The second-order valence-corrected chi connectivity index (χ2v) is 6.55. The van der Waals surface area contributed by atoms with E-state index in [4.69, 9.17) is 11.6 Å². The molecule has 0 unspecified atom stereocenters. The third kappa shape index (κ3) is 4.15. The van der Waals surface area contributed by atoms with Gasteiger partial charge in [-0.15, -0.1) is 17.9 Å². The van der Waals surface area contributed by atoms with Crippen molar-refractivity contribution in [2.24, 2.45) is 10.1 Å². The van der Waals surface area contributed by atoms with Gasteiger partial charge in [0.05, 0.1) is 18.5 Å². The zero-order valence-electron chi connectivity index (χ0n) is 13.6. The second-order valence-electron chi connectivity index (χ2n) is 5.27. The fourth-order valence-electron chi connectivity index (χ4n) is 2.23. The van der Waals surface area contributed by atoms with Crippen molar-refractivity contribution in [3.8, 4) is 11.3 Å². The number of rotatable bonds is 5. The van der Waals surface area contributed by atoms with Gasteiger partial charge in [0.25, 0.3) is 0 Å². The van der Waals surface area contributed by atoms with Crippen molar-refractivity contribution in [3.63, 3.8) is 0 Å². The van der Waals surface area contributed by atoms with Gasteiger partial charge in [0.15, 0.2) is 11.6 Å².